The smallest absolute Gasteiger partial charge is 0.141 e. The molecule has 32 heavy (non-hydrogen) atoms. The summed E-state index contributed by atoms with van der Waals surface area (Å²) in [6.07, 6.45) is 2.26. The summed E-state index contributed by atoms with van der Waals surface area (Å²) >= 11 is 12.1. The Bertz CT molecular complexity index is 1220. The van der Waals surface area contributed by atoms with Crippen molar-refractivity contribution in [1.82, 2.24) is 9.97 Å². The second-order valence-electron chi connectivity index (χ2n) is 6.98. The molecule has 0 unspecified atom stereocenters. The molecule has 5 nitrogen and oxygen atoms in total. The summed E-state index contributed by atoms with van der Waals surface area (Å²) < 4.78 is 24.8. The lowest BCUT2D eigenvalue weighted by Gasteiger charge is -2.12. The van der Waals surface area contributed by atoms with Gasteiger partial charge in [-0.1, -0.05) is 23.7 Å². The first kappa shape index (κ1) is 22.1. The number of hydrogen-bond acceptors (Lipinski definition) is 5. The highest BCUT2D eigenvalue weighted by molar-refractivity contribution is 6.32. The molecule has 164 valence electrons. The molecule has 0 aliphatic heterocycles. The summed E-state index contributed by atoms with van der Waals surface area (Å²) in [5.41, 5.74) is 2.25. The predicted molar refractivity (Wildman–Crippen MR) is 126 cm³/mol. The number of benzene rings is 3. The van der Waals surface area contributed by atoms with Crippen LogP contribution < -0.4 is 14.8 Å². The molecule has 0 bridgehead atoms. The number of halogens is 3. The maximum atomic E-state index is 13.3. The summed E-state index contributed by atoms with van der Waals surface area (Å²) in [6.45, 7) is 0.755. The highest BCUT2D eigenvalue weighted by Crippen LogP contribution is 2.32. The van der Waals surface area contributed by atoms with E-state index in [1.165, 1.54) is 18.5 Å². The quantitative estimate of drug-likeness (QED) is 0.216. The van der Waals surface area contributed by atoms with E-state index in [1.54, 1.807) is 24.3 Å². The van der Waals surface area contributed by atoms with Crippen molar-refractivity contribution in [3.05, 3.63) is 83.4 Å². The molecule has 1 aromatic heterocycles. The molecule has 3 aromatic carbocycles. The lowest BCUT2D eigenvalue weighted by molar-refractivity contribution is 0.306. The molecule has 0 aliphatic carbocycles. The normalized spacial score (nSPS) is 10.8. The van der Waals surface area contributed by atoms with Gasteiger partial charge in [-0.15, -0.1) is 11.6 Å². The van der Waals surface area contributed by atoms with E-state index in [2.05, 4.69) is 15.3 Å². The van der Waals surface area contributed by atoms with Crippen LogP contribution in [0.1, 0.15) is 12.0 Å². The number of fused-ring (bicyclic) bond motifs is 1. The Labute approximate surface area is 195 Å². The van der Waals surface area contributed by atoms with Gasteiger partial charge in [-0.25, -0.2) is 14.4 Å². The minimum absolute atomic E-state index is 0.216. The van der Waals surface area contributed by atoms with Crippen molar-refractivity contribution in [3.8, 4) is 11.5 Å². The summed E-state index contributed by atoms with van der Waals surface area (Å²) in [6, 6.07) is 17.2. The standard InChI is InChI=1S/C24H20Cl2FN3O2/c25-9-2-10-31-19-6-7-22-20(13-19)24(29-15-28-22)30-18-5-8-23(21(26)12-18)32-14-16-3-1-4-17(27)11-16/h1,3-8,11-13,15H,2,9-10,14H2,(H,28,29,30). The summed E-state index contributed by atoms with van der Waals surface area (Å²) in [5.74, 6) is 2.10. The maximum Gasteiger partial charge on any atom is 0.141 e. The monoisotopic (exact) mass is 471 g/mol. The maximum absolute atomic E-state index is 13.3. The number of nitrogens with zero attached hydrogens (tertiary/aromatic N) is 2. The molecule has 0 aliphatic rings. The van der Waals surface area contributed by atoms with Gasteiger partial charge in [-0.2, -0.15) is 0 Å². The molecule has 1 N–H and O–H groups in total. The van der Waals surface area contributed by atoms with Gasteiger partial charge in [0.2, 0.25) is 0 Å². The lowest BCUT2D eigenvalue weighted by atomic mass is 10.2. The topological polar surface area (TPSA) is 56.3 Å². The van der Waals surface area contributed by atoms with Gasteiger partial charge in [0, 0.05) is 17.0 Å². The van der Waals surface area contributed by atoms with Crippen LogP contribution in [-0.4, -0.2) is 22.5 Å². The molecule has 8 heteroatoms. The first-order valence-corrected chi connectivity index (χ1v) is 10.9. The SMILES string of the molecule is Fc1cccc(COc2ccc(Nc3ncnc4ccc(OCCCCl)cc34)cc2Cl)c1. The average molecular weight is 472 g/mol. The highest BCUT2D eigenvalue weighted by Gasteiger charge is 2.09. The zero-order valence-electron chi connectivity index (χ0n) is 17.0. The van der Waals surface area contributed by atoms with Gasteiger partial charge >= 0.3 is 0 Å². The van der Waals surface area contributed by atoms with Gasteiger partial charge < -0.3 is 14.8 Å². The number of nitrogens with one attached hydrogen (secondary N) is 1. The zero-order chi connectivity index (χ0) is 22.3. The minimum Gasteiger partial charge on any atom is -0.494 e. The minimum atomic E-state index is -0.304. The van der Waals surface area contributed by atoms with E-state index < -0.39 is 0 Å². The molecule has 0 saturated heterocycles. The van der Waals surface area contributed by atoms with Crippen LogP contribution in [0.25, 0.3) is 10.9 Å². The van der Waals surface area contributed by atoms with Crippen LogP contribution in [-0.2, 0) is 6.61 Å². The molecular weight excluding hydrogens is 452 g/mol. The van der Waals surface area contributed by atoms with Crippen LogP contribution >= 0.6 is 23.2 Å². The van der Waals surface area contributed by atoms with Crippen LogP contribution in [0.2, 0.25) is 5.02 Å². The van der Waals surface area contributed by atoms with E-state index >= 15 is 0 Å². The highest BCUT2D eigenvalue weighted by atomic mass is 35.5. The van der Waals surface area contributed by atoms with Gasteiger partial charge in [0.1, 0.15) is 36.1 Å². The van der Waals surface area contributed by atoms with Gasteiger partial charge in [-0.3, -0.25) is 0 Å². The third-order valence-corrected chi connectivity index (χ3v) is 5.19. The Hall–Kier alpha value is -3.09. The van der Waals surface area contributed by atoms with E-state index in [4.69, 9.17) is 32.7 Å². The van der Waals surface area contributed by atoms with Crippen LogP contribution in [0.15, 0.2) is 67.0 Å². The fraction of sp³-hybridized carbons (Fsp3) is 0.167. The van der Waals surface area contributed by atoms with Crippen LogP contribution in [0.3, 0.4) is 0 Å². The van der Waals surface area contributed by atoms with Gasteiger partial charge in [0.15, 0.2) is 0 Å². The van der Waals surface area contributed by atoms with Crippen molar-refractivity contribution in [1.29, 1.82) is 0 Å². The van der Waals surface area contributed by atoms with E-state index in [-0.39, 0.29) is 12.4 Å². The molecule has 0 amide bonds. The third-order valence-electron chi connectivity index (χ3n) is 4.63. The number of anilines is 2. The largest absolute Gasteiger partial charge is 0.494 e. The third kappa shape index (κ3) is 5.58. The number of hydrogen-bond donors (Lipinski definition) is 1. The lowest BCUT2D eigenvalue weighted by Crippen LogP contribution is -2.00. The van der Waals surface area contributed by atoms with Crippen LogP contribution in [0.5, 0.6) is 11.5 Å². The van der Waals surface area contributed by atoms with E-state index in [0.717, 1.165) is 34.3 Å². The fourth-order valence-electron chi connectivity index (χ4n) is 3.09. The van der Waals surface area contributed by atoms with Crippen molar-refractivity contribution in [3.63, 3.8) is 0 Å². The van der Waals surface area contributed by atoms with E-state index in [0.29, 0.717) is 29.1 Å². The van der Waals surface area contributed by atoms with Crippen molar-refractivity contribution < 1.29 is 13.9 Å². The van der Waals surface area contributed by atoms with Gasteiger partial charge in [0.05, 0.1) is 17.1 Å². The predicted octanol–water partition coefficient (Wildman–Crippen LogP) is 6.75. The molecule has 0 radical (unpaired) electrons. The number of ether oxygens (including phenoxy) is 2. The Morgan fingerprint density at radius 1 is 0.969 bits per heavy atom. The number of rotatable bonds is 9. The molecule has 4 rings (SSSR count). The van der Waals surface area contributed by atoms with Gasteiger partial charge in [-0.05, 0) is 60.5 Å². The second kappa shape index (κ2) is 10.5. The summed E-state index contributed by atoms with van der Waals surface area (Å²) in [7, 11) is 0. The van der Waals surface area contributed by atoms with Crippen LogP contribution in [0.4, 0.5) is 15.9 Å². The Morgan fingerprint density at radius 3 is 2.69 bits per heavy atom. The molecule has 4 aromatic rings. The molecular formula is C24H20Cl2FN3O2. The van der Waals surface area contributed by atoms with Gasteiger partial charge in [0.25, 0.3) is 0 Å². The molecule has 0 atom stereocenters. The average Bonchev–Trinajstić information content (AvgIpc) is 2.79. The molecule has 0 saturated carbocycles. The first-order valence-electron chi connectivity index (χ1n) is 10.00. The van der Waals surface area contributed by atoms with Crippen molar-refractivity contribution in [2.75, 3.05) is 17.8 Å². The summed E-state index contributed by atoms with van der Waals surface area (Å²) in [5, 5.41) is 4.52. The van der Waals surface area contributed by atoms with E-state index in [9.17, 15) is 4.39 Å². The molecule has 0 fully saturated rings. The Morgan fingerprint density at radius 2 is 1.88 bits per heavy atom. The molecule has 1 heterocycles. The van der Waals surface area contributed by atoms with Crippen molar-refractivity contribution >= 4 is 45.6 Å². The summed E-state index contributed by atoms with van der Waals surface area (Å²) in [4.78, 5) is 8.68. The fourth-order valence-corrected chi connectivity index (χ4v) is 3.43. The van der Waals surface area contributed by atoms with Crippen LogP contribution in [0, 0.1) is 5.82 Å². The molecule has 0 spiro atoms. The zero-order valence-corrected chi connectivity index (χ0v) is 18.5. The Kier molecular flexibility index (Phi) is 7.24. The number of aromatic nitrogens is 2. The second-order valence-corrected chi connectivity index (χ2v) is 7.77. The van der Waals surface area contributed by atoms with Crippen molar-refractivity contribution in [2.24, 2.45) is 0 Å². The number of alkyl halides is 1. The Balaban J connectivity index is 1.49. The van der Waals surface area contributed by atoms with E-state index in [1.807, 2.05) is 24.3 Å². The van der Waals surface area contributed by atoms with Crippen molar-refractivity contribution in [2.45, 2.75) is 13.0 Å². The first-order chi connectivity index (χ1) is 15.6.